The fraction of sp³-hybridized carbons (Fsp3) is 0.500. The Balaban J connectivity index is 3.03. The second kappa shape index (κ2) is 6.10. The van der Waals surface area contributed by atoms with Crippen LogP contribution in [0.25, 0.3) is 0 Å². The lowest BCUT2D eigenvalue weighted by Crippen LogP contribution is -2.27. The van der Waals surface area contributed by atoms with Crippen molar-refractivity contribution >= 4 is 24.2 Å². The molecule has 0 radical (unpaired) electrons. The number of thiol groups is 1. The van der Waals surface area contributed by atoms with Crippen LogP contribution in [-0.4, -0.2) is 18.7 Å². The monoisotopic (exact) mass is 251 g/mol. The van der Waals surface area contributed by atoms with Crippen molar-refractivity contribution in [2.24, 2.45) is 0 Å². The first kappa shape index (κ1) is 14.1. The van der Waals surface area contributed by atoms with E-state index >= 15 is 0 Å². The second-order valence-electron chi connectivity index (χ2n) is 4.63. The molecule has 0 aliphatic heterocycles. The predicted molar refractivity (Wildman–Crippen MR) is 77.1 cm³/mol. The molecule has 0 heterocycles. The maximum absolute atomic E-state index is 11.9. The summed E-state index contributed by atoms with van der Waals surface area (Å²) in [5.41, 5.74) is 3.39. The van der Waals surface area contributed by atoms with E-state index in [1.807, 2.05) is 14.0 Å². The lowest BCUT2D eigenvalue weighted by atomic mass is 10.00. The lowest BCUT2D eigenvalue weighted by molar-refractivity contribution is -0.117. The van der Waals surface area contributed by atoms with Gasteiger partial charge in [-0.25, -0.2) is 0 Å². The molecule has 0 aliphatic carbocycles. The molecule has 0 saturated heterocycles. The molecule has 0 aliphatic rings. The molecule has 0 atom stereocenters. The number of benzene rings is 1. The standard InChI is InChI=1S/C14H21NOS/c1-10(2)12-6-5-11(3)13(9-12)15(4)14(16)7-8-17/h5-6,9-10,17H,7-8H2,1-4H3. The molecule has 3 heteroatoms. The zero-order valence-corrected chi connectivity index (χ0v) is 11.9. The molecule has 0 spiro atoms. The van der Waals surface area contributed by atoms with E-state index in [4.69, 9.17) is 0 Å². The van der Waals surface area contributed by atoms with Crippen molar-refractivity contribution in [2.75, 3.05) is 17.7 Å². The largest absolute Gasteiger partial charge is 0.315 e. The molecule has 94 valence electrons. The normalized spacial score (nSPS) is 10.7. The van der Waals surface area contributed by atoms with Crippen LogP contribution in [-0.2, 0) is 4.79 Å². The fourth-order valence-corrected chi connectivity index (χ4v) is 1.94. The number of carbonyl (C=O) groups excluding carboxylic acids is 1. The summed E-state index contributed by atoms with van der Waals surface area (Å²) in [7, 11) is 1.83. The van der Waals surface area contributed by atoms with E-state index in [0.29, 0.717) is 18.1 Å². The maximum Gasteiger partial charge on any atom is 0.227 e. The number of amides is 1. The van der Waals surface area contributed by atoms with E-state index in [1.54, 1.807) is 4.90 Å². The van der Waals surface area contributed by atoms with Crippen molar-refractivity contribution in [1.29, 1.82) is 0 Å². The summed E-state index contributed by atoms with van der Waals surface area (Å²) in [5, 5.41) is 0. The third kappa shape index (κ3) is 3.50. The van der Waals surface area contributed by atoms with Gasteiger partial charge in [-0.05, 0) is 35.8 Å². The molecule has 1 aromatic rings. The van der Waals surface area contributed by atoms with Gasteiger partial charge in [0.05, 0.1) is 0 Å². The van der Waals surface area contributed by atoms with Crippen LogP contribution in [0, 0.1) is 6.92 Å². The van der Waals surface area contributed by atoms with Crippen molar-refractivity contribution in [3.8, 4) is 0 Å². The van der Waals surface area contributed by atoms with Crippen molar-refractivity contribution in [3.63, 3.8) is 0 Å². The minimum Gasteiger partial charge on any atom is -0.315 e. The zero-order chi connectivity index (χ0) is 13.0. The molecule has 0 bridgehead atoms. The van der Waals surface area contributed by atoms with Gasteiger partial charge in [-0.15, -0.1) is 0 Å². The van der Waals surface area contributed by atoms with Crippen molar-refractivity contribution < 1.29 is 4.79 Å². The first-order chi connectivity index (χ1) is 7.97. The van der Waals surface area contributed by atoms with Crippen molar-refractivity contribution in [3.05, 3.63) is 29.3 Å². The fourth-order valence-electron chi connectivity index (χ4n) is 1.74. The van der Waals surface area contributed by atoms with Crippen LogP contribution >= 0.6 is 12.6 Å². The zero-order valence-electron chi connectivity index (χ0n) is 11.0. The van der Waals surface area contributed by atoms with Gasteiger partial charge in [0.2, 0.25) is 5.91 Å². The Bertz CT molecular complexity index is 401. The molecular weight excluding hydrogens is 230 g/mol. The lowest BCUT2D eigenvalue weighted by Gasteiger charge is -2.21. The van der Waals surface area contributed by atoms with Gasteiger partial charge in [-0.1, -0.05) is 26.0 Å². The summed E-state index contributed by atoms with van der Waals surface area (Å²) in [6.45, 7) is 6.35. The Morgan fingerprint density at radius 2 is 2.06 bits per heavy atom. The third-order valence-electron chi connectivity index (χ3n) is 2.96. The Labute approximate surface area is 109 Å². The quantitative estimate of drug-likeness (QED) is 0.813. The molecular formula is C14H21NOS. The number of aryl methyl sites for hydroxylation is 1. The van der Waals surface area contributed by atoms with Crippen molar-refractivity contribution in [2.45, 2.75) is 33.1 Å². The van der Waals surface area contributed by atoms with Gasteiger partial charge in [0, 0.05) is 19.2 Å². The van der Waals surface area contributed by atoms with Crippen molar-refractivity contribution in [1.82, 2.24) is 0 Å². The number of anilines is 1. The minimum absolute atomic E-state index is 0.115. The van der Waals surface area contributed by atoms with Gasteiger partial charge in [0.1, 0.15) is 0 Å². The summed E-state index contributed by atoms with van der Waals surface area (Å²) in [6.07, 6.45) is 0.477. The average Bonchev–Trinajstić information content (AvgIpc) is 2.28. The smallest absolute Gasteiger partial charge is 0.227 e. The van der Waals surface area contributed by atoms with E-state index in [0.717, 1.165) is 11.3 Å². The maximum atomic E-state index is 11.9. The molecule has 0 aromatic heterocycles. The van der Waals surface area contributed by atoms with Crippen LogP contribution in [0.5, 0.6) is 0 Å². The second-order valence-corrected chi connectivity index (χ2v) is 5.07. The Morgan fingerprint density at radius 1 is 1.41 bits per heavy atom. The Hall–Kier alpha value is -0.960. The van der Waals surface area contributed by atoms with E-state index in [-0.39, 0.29) is 5.91 Å². The minimum atomic E-state index is 0.115. The molecule has 0 unspecified atom stereocenters. The predicted octanol–water partition coefficient (Wildman–Crippen LogP) is 3.40. The highest BCUT2D eigenvalue weighted by molar-refractivity contribution is 7.80. The molecule has 17 heavy (non-hydrogen) atoms. The molecule has 1 aromatic carbocycles. The van der Waals surface area contributed by atoms with Crippen LogP contribution in [0.15, 0.2) is 18.2 Å². The number of hydrogen-bond donors (Lipinski definition) is 1. The third-order valence-corrected chi connectivity index (χ3v) is 3.18. The molecule has 1 rings (SSSR count). The summed E-state index contributed by atoms with van der Waals surface area (Å²) in [6, 6.07) is 6.31. The molecule has 0 saturated carbocycles. The van der Waals surface area contributed by atoms with E-state index in [9.17, 15) is 4.79 Å². The molecule has 1 amide bonds. The van der Waals surface area contributed by atoms with Crippen LogP contribution in [0.3, 0.4) is 0 Å². The number of nitrogens with zero attached hydrogens (tertiary/aromatic N) is 1. The van der Waals surface area contributed by atoms with Gasteiger partial charge in [-0.2, -0.15) is 12.6 Å². The summed E-state index contributed by atoms with van der Waals surface area (Å²) >= 11 is 4.10. The summed E-state index contributed by atoms with van der Waals surface area (Å²) < 4.78 is 0. The topological polar surface area (TPSA) is 20.3 Å². The summed E-state index contributed by atoms with van der Waals surface area (Å²) in [5.74, 6) is 1.18. The van der Waals surface area contributed by atoms with Gasteiger partial charge < -0.3 is 4.90 Å². The number of carbonyl (C=O) groups is 1. The van der Waals surface area contributed by atoms with Gasteiger partial charge in [-0.3, -0.25) is 4.79 Å². The van der Waals surface area contributed by atoms with Crippen LogP contribution < -0.4 is 4.90 Å². The van der Waals surface area contributed by atoms with E-state index in [2.05, 4.69) is 44.7 Å². The van der Waals surface area contributed by atoms with Crippen LogP contribution in [0.2, 0.25) is 0 Å². The molecule has 0 fully saturated rings. The first-order valence-corrected chi connectivity index (χ1v) is 6.58. The Kier molecular flexibility index (Phi) is 5.06. The van der Waals surface area contributed by atoms with Crippen LogP contribution in [0.4, 0.5) is 5.69 Å². The molecule has 2 nitrogen and oxygen atoms in total. The summed E-state index contributed by atoms with van der Waals surface area (Å²) in [4.78, 5) is 13.6. The van der Waals surface area contributed by atoms with Gasteiger partial charge in [0.15, 0.2) is 0 Å². The number of hydrogen-bond acceptors (Lipinski definition) is 2. The average molecular weight is 251 g/mol. The SMILES string of the molecule is Cc1ccc(C(C)C)cc1N(C)C(=O)CCS. The van der Waals surface area contributed by atoms with E-state index < -0.39 is 0 Å². The van der Waals surface area contributed by atoms with E-state index in [1.165, 1.54) is 5.56 Å². The highest BCUT2D eigenvalue weighted by Gasteiger charge is 2.13. The van der Waals surface area contributed by atoms with Crippen LogP contribution in [0.1, 0.15) is 37.3 Å². The highest BCUT2D eigenvalue weighted by atomic mass is 32.1. The highest BCUT2D eigenvalue weighted by Crippen LogP contribution is 2.25. The Morgan fingerprint density at radius 3 is 2.59 bits per heavy atom. The molecule has 0 N–H and O–H groups in total. The van der Waals surface area contributed by atoms with Gasteiger partial charge in [0.25, 0.3) is 0 Å². The number of rotatable bonds is 4. The first-order valence-electron chi connectivity index (χ1n) is 5.95. The van der Waals surface area contributed by atoms with Gasteiger partial charge >= 0.3 is 0 Å².